The SMILES string of the molecule is O=C(Cn1cc(C(=O)O)nn1)Nc1cnoc1. The van der Waals surface area contributed by atoms with E-state index in [0.29, 0.717) is 5.69 Å². The molecule has 0 atom stereocenters. The first kappa shape index (κ1) is 10.8. The number of aromatic nitrogens is 4. The van der Waals surface area contributed by atoms with Crippen molar-refractivity contribution in [2.45, 2.75) is 6.54 Å². The van der Waals surface area contributed by atoms with E-state index in [1.807, 2.05) is 0 Å². The van der Waals surface area contributed by atoms with Gasteiger partial charge in [-0.3, -0.25) is 4.79 Å². The molecule has 2 aromatic rings. The Morgan fingerprint density at radius 2 is 2.35 bits per heavy atom. The number of carboxylic acid groups (broad SMARTS) is 1. The molecule has 2 rings (SSSR count). The van der Waals surface area contributed by atoms with Gasteiger partial charge >= 0.3 is 5.97 Å². The Morgan fingerprint density at radius 1 is 1.53 bits per heavy atom. The third-order valence-corrected chi connectivity index (χ3v) is 1.78. The molecule has 1 amide bonds. The van der Waals surface area contributed by atoms with Crippen LogP contribution in [0.2, 0.25) is 0 Å². The summed E-state index contributed by atoms with van der Waals surface area (Å²) in [5, 5.41) is 21.3. The zero-order valence-electron chi connectivity index (χ0n) is 8.40. The highest BCUT2D eigenvalue weighted by atomic mass is 16.5. The number of carbonyl (C=O) groups is 2. The van der Waals surface area contributed by atoms with Crippen LogP contribution in [-0.4, -0.2) is 37.1 Å². The van der Waals surface area contributed by atoms with E-state index in [1.165, 1.54) is 12.5 Å². The Hall–Kier alpha value is -2.71. The third kappa shape index (κ3) is 2.65. The van der Waals surface area contributed by atoms with Crippen LogP contribution in [0.1, 0.15) is 10.5 Å². The molecule has 0 unspecified atom stereocenters. The van der Waals surface area contributed by atoms with Gasteiger partial charge < -0.3 is 14.9 Å². The van der Waals surface area contributed by atoms with Gasteiger partial charge in [0.15, 0.2) is 5.69 Å². The molecule has 0 aliphatic heterocycles. The molecule has 0 aliphatic carbocycles. The Balaban J connectivity index is 1.96. The van der Waals surface area contributed by atoms with Crippen LogP contribution in [0.5, 0.6) is 0 Å². The lowest BCUT2D eigenvalue weighted by molar-refractivity contribution is -0.116. The molecule has 0 spiro atoms. The normalized spacial score (nSPS) is 10.1. The molecule has 9 nitrogen and oxygen atoms in total. The van der Waals surface area contributed by atoms with E-state index in [2.05, 4.69) is 25.3 Å². The Kier molecular flexibility index (Phi) is 2.81. The second-order valence-electron chi connectivity index (χ2n) is 3.07. The van der Waals surface area contributed by atoms with Crippen LogP contribution in [0.15, 0.2) is 23.2 Å². The fraction of sp³-hybridized carbons (Fsp3) is 0.125. The molecule has 0 saturated heterocycles. The van der Waals surface area contributed by atoms with Crippen molar-refractivity contribution >= 4 is 17.6 Å². The first-order valence-corrected chi connectivity index (χ1v) is 4.48. The number of anilines is 1. The van der Waals surface area contributed by atoms with E-state index in [-0.39, 0.29) is 12.2 Å². The Labute approximate surface area is 94.0 Å². The van der Waals surface area contributed by atoms with E-state index in [4.69, 9.17) is 5.11 Å². The molecule has 9 heteroatoms. The van der Waals surface area contributed by atoms with Crippen LogP contribution in [0.3, 0.4) is 0 Å². The molecular weight excluding hydrogens is 230 g/mol. The highest BCUT2D eigenvalue weighted by Crippen LogP contribution is 2.03. The zero-order chi connectivity index (χ0) is 12.3. The monoisotopic (exact) mass is 237 g/mol. The first-order chi connectivity index (χ1) is 8.15. The molecule has 0 bridgehead atoms. The van der Waals surface area contributed by atoms with Crippen molar-refractivity contribution in [3.8, 4) is 0 Å². The Morgan fingerprint density at radius 3 is 2.94 bits per heavy atom. The van der Waals surface area contributed by atoms with Crippen molar-refractivity contribution in [2.75, 3.05) is 5.32 Å². The topological polar surface area (TPSA) is 123 Å². The summed E-state index contributed by atoms with van der Waals surface area (Å²) in [6.45, 7) is -0.147. The van der Waals surface area contributed by atoms with Gasteiger partial charge in [0.25, 0.3) is 0 Å². The summed E-state index contributed by atoms with van der Waals surface area (Å²) >= 11 is 0. The fourth-order valence-corrected chi connectivity index (χ4v) is 1.09. The number of hydrogen-bond donors (Lipinski definition) is 2. The summed E-state index contributed by atoms with van der Waals surface area (Å²) in [7, 11) is 0. The van der Waals surface area contributed by atoms with Gasteiger partial charge in [0.05, 0.1) is 12.4 Å². The number of rotatable bonds is 4. The summed E-state index contributed by atoms with van der Waals surface area (Å²) in [5.41, 5.74) is 0.191. The van der Waals surface area contributed by atoms with Gasteiger partial charge in [0, 0.05) is 0 Å². The number of carbonyl (C=O) groups excluding carboxylic acids is 1. The smallest absolute Gasteiger partial charge is 0.358 e. The predicted octanol–water partition coefficient (Wildman–Crippen LogP) is -0.397. The second-order valence-corrected chi connectivity index (χ2v) is 3.07. The predicted molar refractivity (Wildman–Crippen MR) is 52.1 cm³/mol. The van der Waals surface area contributed by atoms with Gasteiger partial charge in [-0.1, -0.05) is 10.4 Å². The number of amides is 1. The molecule has 0 radical (unpaired) electrons. The van der Waals surface area contributed by atoms with Crippen LogP contribution in [-0.2, 0) is 11.3 Å². The maximum absolute atomic E-state index is 11.4. The van der Waals surface area contributed by atoms with Crippen LogP contribution in [0, 0.1) is 0 Å². The van der Waals surface area contributed by atoms with Gasteiger partial charge in [-0.2, -0.15) is 0 Å². The number of hydrogen-bond acceptors (Lipinski definition) is 6. The molecule has 0 fully saturated rings. The first-order valence-electron chi connectivity index (χ1n) is 4.48. The van der Waals surface area contributed by atoms with Gasteiger partial charge in [0.1, 0.15) is 18.5 Å². The largest absolute Gasteiger partial charge is 0.476 e. The quantitative estimate of drug-likeness (QED) is 0.741. The minimum absolute atomic E-state index is 0.147. The van der Waals surface area contributed by atoms with Crippen molar-refractivity contribution in [3.05, 3.63) is 24.4 Å². The van der Waals surface area contributed by atoms with Crippen molar-refractivity contribution in [3.63, 3.8) is 0 Å². The maximum Gasteiger partial charge on any atom is 0.358 e. The average molecular weight is 237 g/mol. The maximum atomic E-state index is 11.4. The number of carboxylic acids is 1. The standard InChI is InChI=1S/C8H7N5O4/c14-7(10-5-1-9-17-4-5)3-13-2-6(8(15)16)11-12-13/h1-2,4H,3H2,(H,10,14)(H,15,16). The summed E-state index contributed by atoms with van der Waals surface area (Å²) in [6.07, 6.45) is 3.76. The number of nitrogens with zero attached hydrogens (tertiary/aromatic N) is 4. The van der Waals surface area contributed by atoms with Gasteiger partial charge in [-0.05, 0) is 0 Å². The van der Waals surface area contributed by atoms with Crippen LogP contribution in [0.25, 0.3) is 0 Å². The number of aromatic carboxylic acids is 1. The molecule has 2 N–H and O–H groups in total. The van der Waals surface area contributed by atoms with E-state index in [1.54, 1.807) is 0 Å². The molecule has 0 aliphatic rings. The lowest BCUT2D eigenvalue weighted by Crippen LogP contribution is -2.18. The van der Waals surface area contributed by atoms with Crippen molar-refractivity contribution < 1.29 is 19.2 Å². The summed E-state index contributed by atoms with van der Waals surface area (Å²) in [4.78, 5) is 22.0. The summed E-state index contributed by atoms with van der Waals surface area (Å²) < 4.78 is 5.64. The molecular formula is C8H7N5O4. The Bertz CT molecular complexity index is 532. The summed E-state index contributed by atoms with van der Waals surface area (Å²) in [6, 6.07) is 0. The zero-order valence-corrected chi connectivity index (χ0v) is 8.40. The molecule has 2 aromatic heterocycles. The molecule has 0 saturated carbocycles. The molecule has 2 heterocycles. The minimum Gasteiger partial charge on any atom is -0.476 e. The van der Waals surface area contributed by atoms with Gasteiger partial charge in [-0.25, -0.2) is 9.48 Å². The molecule has 17 heavy (non-hydrogen) atoms. The third-order valence-electron chi connectivity index (χ3n) is 1.78. The molecule has 88 valence electrons. The van der Waals surface area contributed by atoms with Gasteiger partial charge in [-0.15, -0.1) is 5.10 Å². The van der Waals surface area contributed by atoms with Crippen molar-refractivity contribution in [1.82, 2.24) is 20.2 Å². The van der Waals surface area contributed by atoms with E-state index >= 15 is 0 Å². The van der Waals surface area contributed by atoms with Crippen LogP contribution in [0.4, 0.5) is 5.69 Å². The van der Waals surface area contributed by atoms with Gasteiger partial charge in [0.2, 0.25) is 5.91 Å². The molecule has 0 aromatic carbocycles. The highest BCUT2D eigenvalue weighted by molar-refractivity contribution is 5.90. The summed E-state index contributed by atoms with van der Waals surface area (Å²) in [5.74, 6) is -1.59. The van der Waals surface area contributed by atoms with Crippen LogP contribution < -0.4 is 5.32 Å². The fourth-order valence-electron chi connectivity index (χ4n) is 1.09. The number of nitrogens with one attached hydrogen (secondary N) is 1. The minimum atomic E-state index is -1.20. The average Bonchev–Trinajstić information content (AvgIpc) is 2.88. The lowest BCUT2D eigenvalue weighted by Gasteiger charge is -2.00. The van der Waals surface area contributed by atoms with E-state index < -0.39 is 11.9 Å². The van der Waals surface area contributed by atoms with Crippen molar-refractivity contribution in [1.29, 1.82) is 0 Å². The second kappa shape index (κ2) is 4.43. The van der Waals surface area contributed by atoms with Crippen LogP contribution >= 0.6 is 0 Å². The van der Waals surface area contributed by atoms with Crippen molar-refractivity contribution in [2.24, 2.45) is 0 Å². The van der Waals surface area contributed by atoms with E-state index in [9.17, 15) is 9.59 Å². The van der Waals surface area contributed by atoms with E-state index in [0.717, 1.165) is 10.9 Å². The highest BCUT2D eigenvalue weighted by Gasteiger charge is 2.11. The lowest BCUT2D eigenvalue weighted by atomic mass is 10.5.